The summed E-state index contributed by atoms with van der Waals surface area (Å²) in [6.07, 6.45) is -3.86. The quantitative estimate of drug-likeness (QED) is 0.368. The van der Waals surface area contributed by atoms with Crippen LogP contribution < -0.4 is 10.1 Å². The number of hydrogen-bond donors (Lipinski definition) is 1. The monoisotopic (exact) mass is 436 g/mol. The summed E-state index contributed by atoms with van der Waals surface area (Å²) >= 11 is 16.4. The number of methoxy groups -OCH3 is 1. The van der Waals surface area contributed by atoms with Crippen LogP contribution in [-0.2, 0) is 4.74 Å². The van der Waals surface area contributed by atoms with Gasteiger partial charge in [-0.2, -0.15) is 13.8 Å². The van der Waals surface area contributed by atoms with Crippen LogP contribution in [0.1, 0.15) is 5.56 Å². The molecule has 2 aromatic carbocycles. The molecule has 0 radical (unpaired) electrons. The van der Waals surface area contributed by atoms with Crippen LogP contribution in [-0.4, -0.2) is 30.0 Å². The van der Waals surface area contributed by atoms with Crippen molar-refractivity contribution in [3.63, 3.8) is 0 Å². The average molecular weight is 438 g/mol. The topological polar surface area (TPSA) is 59.9 Å². The van der Waals surface area contributed by atoms with E-state index in [4.69, 9.17) is 39.5 Å². The lowest BCUT2D eigenvalue weighted by atomic mass is 10.2. The summed E-state index contributed by atoms with van der Waals surface area (Å²) < 4.78 is 36.8. The molecule has 0 atom stereocenters. The van der Waals surface area contributed by atoms with Gasteiger partial charge in [0, 0.05) is 0 Å². The van der Waals surface area contributed by atoms with Gasteiger partial charge in [0.1, 0.15) is 5.75 Å². The van der Waals surface area contributed by atoms with Crippen LogP contribution >= 0.6 is 34.8 Å². The van der Waals surface area contributed by atoms with Gasteiger partial charge in [0.15, 0.2) is 0 Å². The average Bonchev–Trinajstić information content (AvgIpc) is 2.61. The van der Waals surface area contributed by atoms with Crippen molar-refractivity contribution in [2.24, 2.45) is 4.99 Å². The molecule has 0 aliphatic carbocycles. The number of benzene rings is 2. The number of nitrogens with zero attached hydrogens (tertiary/aromatic N) is 1. The van der Waals surface area contributed by atoms with Gasteiger partial charge in [-0.1, -0.05) is 59.1 Å². The number of urea groups is 1. The Morgan fingerprint density at radius 3 is 2.41 bits per heavy atom. The Labute approximate surface area is 168 Å². The van der Waals surface area contributed by atoms with Crippen molar-refractivity contribution in [2.45, 2.75) is 10.9 Å². The van der Waals surface area contributed by atoms with Gasteiger partial charge in [0.05, 0.1) is 23.4 Å². The second kappa shape index (κ2) is 9.21. The highest BCUT2D eigenvalue weighted by Gasteiger charge is 2.40. The van der Waals surface area contributed by atoms with Gasteiger partial charge in [-0.05, 0) is 24.3 Å². The number of ether oxygens (including phenoxy) is 2. The van der Waals surface area contributed by atoms with E-state index in [9.17, 15) is 13.6 Å². The van der Waals surface area contributed by atoms with Gasteiger partial charge < -0.3 is 14.8 Å². The van der Waals surface area contributed by atoms with Crippen LogP contribution in [0.3, 0.4) is 0 Å². The minimum atomic E-state index is -3.86. The predicted molar refractivity (Wildman–Crippen MR) is 102 cm³/mol. The summed E-state index contributed by atoms with van der Waals surface area (Å²) in [6, 6.07) is 11.2. The summed E-state index contributed by atoms with van der Waals surface area (Å²) in [6.45, 7) is 0. The van der Waals surface area contributed by atoms with Gasteiger partial charge in [-0.25, -0.2) is 4.79 Å². The summed E-state index contributed by atoms with van der Waals surface area (Å²) in [5.74, 6) is -0.391. The number of carbonyl (C=O) groups excluding carboxylic acids is 1. The van der Waals surface area contributed by atoms with E-state index >= 15 is 0 Å². The van der Waals surface area contributed by atoms with Crippen molar-refractivity contribution in [1.29, 1.82) is 0 Å². The Kier molecular flexibility index (Phi) is 7.24. The molecule has 0 aromatic heterocycles. The van der Waals surface area contributed by atoms with Crippen LogP contribution in [0, 0.1) is 0 Å². The molecule has 0 heterocycles. The van der Waals surface area contributed by atoms with Crippen molar-refractivity contribution < 1.29 is 23.0 Å². The zero-order valence-corrected chi connectivity index (χ0v) is 16.0. The highest BCUT2D eigenvalue weighted by molar-refractivity contribution is 6.44. The highest BCUT2D eigenvalue weighted by Crippen LogP contribution is 2.34. The van der Waals surface area contributed by atoms with Crippen molar-refractivity contribution in [2.75, 3.05) is 12.4 Å². The summed E-state index contributed by atoms with van der Waals surface area (Å²) in [7, 11) is 1.31. The number of hydrogen-bond acceptors (Lipinski definition) is 3. The Bertz CT molecular complexity index is 848. The molecule has 2 amide bonds. The maximum Gasteiger partial charge on any atom is 0.428 e. The van der Waals surface area contributed by atoms with Gasteiger partial charge in [-0.3, -0.25) is 0 Å². The number of anilines is 1. The second-order valence-corrected chi connectivity index (χ2v) is 6.50. The normalized spacial score (nSPS) is 12.0. The fourth-order valence-electron chi connectivity index (χ4n) is 1.94. The molecule has 2 rings (SSSR count). The Morgan fingerprint density at radius 1 is 1.15 bits per heavy atom. The third kappa shape index (κ3) is 5.69. The van der Waals surface area contributed by atoms with Crippen LogP contribution in [0.25, 0.3) is 0 Å². The molecule has 10 heteroatoms. The van der Waals surface area contributed by atoms with E-state index in [2.05, 4.69) is 15.0 Å². The standard InChI is InChI=1S/C17H13Cl3F2N2O3/c1-26-14(10-6-2-3-7-11(10)18)24-16(25)23-12-8-4-5-9-13(12)27-17(21,22)15(19)20/h2-9,15H,1H3,(H,23,25)/b24-14-. The van der Waals surface area contributed by atoms with E-state index in [1.54, 1.807) is 24.3 Å². The number of alkyl halides is 4. The molecule has 0 saturated carbocycles. The molecule has 144 valence electrons. The lowest BCUT2D eigenvalue weighted by Gasteiger charge is -2.20. The maximum atomic E-state index is 13.6. The van der Waals surface area contributed by atoms with E-state index in [0.717, 1.165) is 0 Å². The predicted octanol–water partition coefficient (Wildman–Crippen LogP) is 5.74. The largest absolute Gasteiger partial charge is 0.480 e. The second-order valence-electron chi connectivity index (χ2n) is 4.99. The Hall–Kier alpha value is -2.09. The number of halogens is 5. The Balaban J connectivity index is 2.24. The SMILES string of the molecule is CO/C(=N\C(=O)Nc1ccccc1OC(F)(F)C(Cl)Cl)c1ccccc1Cl. The number of amides is 2. The minimum Gasteiger partial charge on any atom is -0.480 e. The number of nitrogens with one attached hydrogen (secondary N) is 1. The first kappa shape index (κ1) is 21.2. The first-order valence-electron chi connectivity index (χ1n) is 7.37. The van der Waals surface area contributed by atoms with E-state index in [1.807, 2.05) is 0 Å². The molecule has 0 fully saturated rings. The number of aliphatic imine (C=N–C) groups is 1. The van der Waals surface area contributed by atoms with Crippen LogP contribution in [0.5, 0.6) is 5.75 Å². The summed E-state index contributed by atoms with van der Waals surface area (Å²) in [4.78, 5) is 13.9. The lowest BCUT2D eigenvalue weighted by molar-refractivity contribution is -0.163. The van der Waals surface area contributed by atoms with Crippen molar-refractivity contribution >= 4 is 52.4 Å². The summed E-state index contributed by atoms with van der Waals surface area (Å²) in [5, 5.41) is 2.66. The van der Waals surface area contributed by atoms with Gasteiger partial charge in [0.25, 0.3) is 0 Å². The first-order valence-corrected chi connectivity index (χ1v) is 8.62. The molecular formula is C17H13Cl3F2N2O3. The van der Waals surface area contributed by atoms with Crippen LogP contribution in [0.2, 0.25) is 5.02 Å². The molecule has 0 aliphatic rings. The van der Waals surface area contributed by atoms with E-state index in [0.29, 0.717) is 10.6 Å². The lowest BCUT2D eigenvalue weighted by Crippen LogP contribution is -2.32. The number of carbonyl (C=O) groups is 1. The first-order chi connectivity index (χ1) is 12.7. The van der Waals surface area contributed by atoms with Crippen LogP contribution in [0.4, 0.5) is 19.3 Å². The maximum absolute atomic E-state index is 13.6. The molecule has 5 nitrogen and oxygen atoms in total. The van der Waals surface area contributed by atoms with E-state index in [-0.39, 0.29) is 17.3 Å². The highest BCUT2D eigenvalue weighted by atomic mass is 35.5. The molecule has 1 N–H and O–H groups in total. The Morgan fingerprint density at radius 2 is 1.78 bits per heavy atom. The minimum absolute atomic E-state index is 0.0524. The van der Waals surface area contributed by atoms with Gasteiger partial charge >= 0.3 is 12.1 Å². The van der Waals surface area contributed by atoms with Crippen molar-refractivity contribution in [3.8, 4) is 5.75 Å². The number of para-hydroxylation sites is 2. The third-order valence-electron chi connectivity index (χ3n) is 3.13. The zero-order chi connectivity index (χ0) is 20.0. The molecule has 0 saturated heterocycles. The summed E-state index contributed by atoms with van der Waals surface area (Å²) in [5.41, 5.74) is 0.328. The van der Waals surface area contributed by atoms with Gasteiger partial charge in [-0.15, -0.1) is 0 Å². The fourth-order valence-corrected chi connectivity index (χ4v) is 2.24. The third-order valence-corrected chi connectivity index (χ3v) is 3.97. The van der Waals surface area contributed by atoms with Crippen LogP contribution in [0.15, 0.2) is 53.5 Å². The van der Waals surface area contributed by atoms with E-state index < -0.39 is 17.0 Å². The molecule has 0 bridgehead atoms. The molecule has 0 unspecified atom stereocenters. The molecular weight excluding hydrogens is 425 g/mol. The number of rotatable bonds is 5. The van der Waals surface area contributed by atoms with E-state index in [1.165, 1.54) is 31.4 Å². The smallest absolute Gasteiger partial charge is 0.428 e. The molecule has 2 aromatic rings. The molecule has 27 heavy (non-hydrogen) atoms. The van der Waals surface area contributed by atoms with Gasteiger partial charge in [0.2, 0.25) is 10.7 Å². The van der Waals surface area contributed by atoms with Crippen molar-refractivity contribution in [3.05, 3.63) is 59.1 Å². The molecule has 0 spiro atoms. The fraction of sp³-hybridized carbons (Fsp3) is 0.176. The zero-order valence-electron chi connectivity index (χ0n) is 13.8. The molecule has 0 aliphatic heterocycles. The van der Waals surface area contributed by atoms with Crippen molar-refractivity contribution in [1.82, 2.24) is 0 Å².